The minimum atomic E-state index is -0.546. The van der Waals surface area contributed by atoms with Crippen LogP contribution in [0.4, 0.5) is 0 Å². The molecule has 0 unspecified atom stereocenters. The topological polar surface area (TPSA) is 50.9 Å². The van der Waals surface area contributed by atoms with Gasteiger partial charge in [-0.1, -0.05) is 49.0 Å². The fourth-order valence-corrected chi connectivity index (χ4v) is 3.99. The summed E-state index contributed by atoms with van der Waals surface area (Å²) in [6.45, 7) is 2.27. The van der Waals surface area contributed by atoms with Gasteiger partial charge < -0.3 is 9.67 Å². The van der Waals surface area contributed by atoms with Crippen LogP contribution in [0.5, 0.6) is 0 Å². The SMILES string of the molecule is CC1CCC(O)(CSc2nnc(-c3ccccc3)n2C)CC1. The molecule has 1 aliphatic rings. The number of rotatable bonds is 4. The van der Waals surface area contributed by atoms with E-state index in [4.69, 9.17) is 0 Å². The molecule has 0 radical (unpaired) electrons. The van der Waals surface area contributed by atoms with Crippen molar-refractivity contribution in [2.24, 2.45) is 13.0 Å². The first-order chi connectivity index (χ1) is 10.6. The molecule has 1 aromatic heterocycles. The van der Waals surface area contributed by atoms with Crippen molar-refractivity contribution < 1.29 is 5.11 Å². The van der Waals surface area contributed by atoms with Gasteiger partial charge in [0.25, 0.3) is 0 Å². The van der Waals surface area contributed by atoms with Crippen LogP contribution in [-0.4, -0.2) is 31.2 Å². The lowest BCUT2D eigenvalue weighted by Crippen LogP contribution is -2.36. The molecule has 1 aliphatic carbocycles. The Bertz CT molecular complexity index is 618. The molecule has 22 heavy (non-hydrogen) atoms. The average Bonchev–Trinajstić information content (AvgIpc) is 2.91. The average molecular weight is 317 g/mol. The zero-order valence-electron chi connectivity index (χ0n) is 13.2. The summed E-state index contributed by atoms with van der Waals surface area (Å²) in [6, 6.07) is 10.1. The summed E-state index contributed by atoms with van der Waals surface area (Å²) in [6.07, 6.45) is 4.02. The predicted molar refractivity (Wildman–Crippen MR) is 89.7 cm³/mol. The third kappa shape index (κ3) is 3.36. The normalized spacial score (nSPS) is 25.3. The molecule has 3 rings (SSSR count). The summed E-state index contributed by atoms with van der Waals surface area (Å²) in [7, 11) is 1.98. The van der Waals surface area contributed by atoms with Gasteiger partial charge >= 0.3 is 0 Å². The first-order valence-corrected chi connectivity index (χ1v) is 8.86. The second kappa shape index (κ2) is 6.42. The van der Waals surface area contributed by atoms with E-state index in [0.29, 0.717) is 5.75 Å². The molecule has 118 valence electrons. The number of thioether (sulfide) groups is 1. The van der Waals surface area contributed by atoms with E-state index in [2.05, 4.69) is 17.1 Å². The third-order valence-electron chi connectivity index (χ3n) is 4.54. The van der Waals surface area contributed by atoms with E-state index >= 15 is 0 Å². The van der Waals surface area contributed by atoms with E-state index in [1.54, 1.807) is 11.8 Å². The number of hydrogen-bond donors (Lipinski definition) is 1. The van der Waals surface area contributed by atoms with Crippen LogP contribution in [0.25, 0.3) is 11.4 Å². The molecule has 4 nitrogen and oxygen atoms in total. The van der Waals surface area contributed by atoms with Gasteiger partial charge in [-0.2, -0.15) is 0 Å². The summed E-state index contributed by atoms with van der Waals surface area (Å²) in [5, 5.41) is 20.1. The summed E-state index contributed by atoms with van der Waals surface area (Å²) in [4.78, 5) is 0. The van der Waals surface area contributed by atoms with Crippen LogP contribution in [0.1, 0.15) is 32.6 Å². The van der Waals surface area contributed by atoms with E-state index in [1.165, 1.54) is 0 Å². The highest BCUT2D eigenvalue weighted by molar-refractivity contribution is 7.99. The molecule has 0 bridgehead atoms. The van der Waals surface area contributed by atoms with Crippen molar-refractivity contribution >= 4 is 11.8 Å². The summed E-state index contributed by atoms with van der Waals surface area (Å²) in [5.41, 5.74) is 0.519. The van der Waals surface area contributed by atoms with E-state index in [1.807, 2.05) is 41.9 Å². The smallest absolute Gasteiger partial charge is 0.191 e. The number of nitrogens with zero attached hydrogens (tertiary/aromatic N) is 3. The first-order valence-electron chi connectivity index (χ1n) is 7.87. The third-order valence-corrected chi connectivity index (χ3v) is 5.84. The van der Waals surface area contributed by atoms with Crippen molar-refractivity contribution in [2.75, 3.05) is 5.75 Å². The van der Waals surface area contributed by atoms with Gasteiger partial charge in [-0.3, -0.25) is 0 Å². The number of aliphatic hydroxyl groups is 1. The van der Waals surface area contributed by atoms with Gasteiger partial charge in [-0.15, -0.1) is 10.2 Å². The zero-order chi connectivity index (χ0) is 15.6. The van der Waals surface area contributed by atoms with Crippen molar-refractivity contribution in [1.29, 1.82) is 0 Å². The Morgan fingerprint density at radius 2 is 1.91 bits per heavy atom. The second-order valence-corrected chi connectivity index (χ2v) is 7.37. The summed E-state index contributed by atoms with van der Waals surface area (Å²) < 4.78 is 2.01. The fraction of sp³-hybridized carbons (Fsp3) is 0.529. The van der Waals surface area contributed by atoms with Crippen LogP contribution >= 0.6 is 11.8 Å². The minimum Gasteiger partial charge on any atom is -0.389 e. The second-order valence-electron chi connectivity index (χ2n) is 6.43. The van der Waals surface area contributed by atoms with Gasteiger partial charge in [0.2, 0.25) is 0 Å². The van der Waals surface area contributed by atoms with Gasteiger partial charge in [-0.25, -0.2) is 0 Å². The van der Waals surface area contributed by atoms with Gasteiger partial charge in [0, 0.05) is 18.4 Å². The Morgan fingerprint density at radius 1 is 1.23 bits per heavy atom. The van der Waals surface area contributed by atoms with E-state index < -0.39 is 5.60 Å². The lowest BCUT2D eigenvalue weighted by molar-refractivity contribution is 0.0149. The quantitative estimate of drug-likeness (QED) is 0.877. The van der Waals surface area contributed by atoms with Crippen LogP contribution in [0, 0.1) is 5.92 Å². The predicted octanol–water partition coefficient (Wildman–Crippen LogP) is 3.52. The largest absolute Gasteiger partial charge is 0.389 e. The fourth-order valence-electron chi connectivity index (χ4n) is 2.92. The number of aromatic nitrogens is 3. The van der Waals surface area contributed by atoms with Crippen molar-refractivity contribution in [3.8, 4) is 11.4 Å². The molecule has 0 atom stereocenters. The molecule has 0 spiro atoms. The van der Waals surface area contributed by atoms with Crippen molar-refractivity contribution in [2.45, 2.75) is 43.4 Å². The molecule has 2 aromatic rings. The summed E-state index contributed by atoms with van der Waals surface area (Å²) in [5.74, 6) is 2.30. The molecule has 0 saturated heterocycles. The maximum Gasteiger partial charge on any atom is 0.191 e. The van der Waals surface area contributed by atoms with E-state index in [-0.39, 0.29) is 0 Å². The Hall–Kier alpha value is -1.33. The Morgan fingerprint density at radius 3 is 2.59 bits per heavy atom. The Balaban J connectivity index is 1.68. The lowest BCUT2D eigenvalue weighted by atomic mass is 9.81. The zero-order valence-corrected chi connectivity index (χ0v) is 14.0. The Kier molecular flexibility index (Phi) is 4.54. The highest BCUT2D eigenvalue weighted by Gasteiger charge is 2.32. The van der Waals surface area contributed by atoms with Gasteiger partial charge in [0.15, 0.2) is 11.0 Å². The van der Waals surface area contributed by atoms with Crippen LogP contribution < -0.4 is 0 Å². The molecule has 1 saturated carbocycles. The van der Waals surface area contributed by atoms with Crippen molar-refractivity contribution in [1.82, 2.24) is 14.8 Å². The molecule has 1 N–H and O–H groups in total. The highest BCUT2D eigenvalue weighted by atomic mass is 32.2. The van der Waals surface area contributed by atoms with Crippen LogP contribution in [0.2, 0.25) is 0 Å². The lowest BCUT2D eigenvalue weighted by Gasteiger charge is -2.34. The number of hydrogen-bond acceptors (Lipinski definition) is 4. The van der Waals surface area contributed by atoms with Crippen LogP contribution in [0.15, 0.2) is 35.5 Å². The molecule has 5 heteroatoms. The van der Waals surface area contributed by atoms with Gasteiger partial charge in [0.05, 0.1) is 5.60 Å². The molecular weight excluding hydrogens is 294 g/mol. The maximum absolute atomic E-state index is 10.7. The minimum absolute atomic E-state index is 0.546. The molecular formula is C17H23N3OS. The molecule has 1 fully saturated rings. The number of benzene rings is 1. The summed E-state index contributed by atoms with van der Waals surface area (Å²) >= 11 is 1.61. The first kappa shape index (κ1) is 15.6. The maximum atomic E-state index is 10.7. The molecule has 1 heterocycles. The van der Waals surface area contributed by atoms with Crippen molar-refractivity contribution in [3.05, 3.63) is 30.3 Å². The highest BCUT2D eigenvalue weighted by Crippen LogP contribution is 2.35. The standard InChI is InChI=1S/C17H23N3OS/c1-13-8-10-17(21,11-9-13)12-22-16-19-18-15(20(16)2)14-6-4-3-5-7-14/h3-7,13,21H,8-12H2,1-2H3. The van der Waals surface area contributed by atoms with E-state index in [0.717, 1.165) is 48.1 Å². The van der Waals surface area contributed by atoms with E-state index in [9.17, 15) is 5.11 Å². The van der Waals surface area contributed by atoms with Gasteiger partial charge in [-0.05, 0) is 31.6 Å². The van der Waals surface area contributed by atoms with Crippen LogP contribution in [0.3, 0.4) is 0 Å². The van der Waals surface area contributed by atoms with Crippen molar-refractivity contribution in [3.63, 3.8) is 0 Å². The molecule has 0 aliphatic heterocycles. The Labute approximate surface area is 136 Å². The molecule has 1 aromatic carbocycles. The molecule has 0 amide bonds. The monoisotopic (exact) mass is 317 g/mol. The van der Waals surface area contributed by atoms with Gasteiger partial charge in [0.1, 0.15) is 0 Å². The van der Waals surface area contributed by atoms with Crippen LogP contribution in [-0.2, 0) is 7.05 Å².